The third-order valence-electron chi connectivity index (χ3n) is 3.72. The molecule has 0 unspecified atom stereocenters. The van der Waals surface area contributed by atoms with E-state index in [0.29, 0.717) is 24.8 Å². The largest absolute Gasteiger partial charge is 0.480 e. The van der Waals surface area contributed by atoms with Crippen LogP contribution in [0.2, 0.25) is 0 Å². The Balaban J connectivity index is 2.77. The summed E-state index contributed by atoms with van der Waals surface area (Å²) in [5.41, 5.74) is 0.541. The van der Waals surface area contributed by atoms with Crippen LogP contribution in [-0.2, 0) is 31.4 Å². The van der Waals surface area contributed by atoms with Gasteiger partial charge in [0.2, 0.25) is 10.0 Å². The van der Waals surface area contributed by atoms with Crippen molar-refractivity contribution >= 4 is 26.1 Å². The molecule has 0 saturated carbocycles. The second kappa shape index (κ2) is 10.6. The highest BCUT2D eigenvalue weighted by Gasteiger charge is 2.24. The normalized spacial score (nSPS) is 13.3. The molecule has 1 atom stereocenters. The Labute approximate surface area is 161 Å². The Kier molecular flexibility index (Phi) is 9.20. The molecule has 0 radical (unpaired) electrons. The van der Waals surface area contributed by atoms with Crippen molar-refractivity contribution in [1.82, 2.24) is 4.72 Å². The van der Waals surface area contributed by atoms with Crippen molar-refractivity contribution in [1.29, 1.82) is 0 Å². The van der Waals surface area contributed by atoms with Crippen LogP contribution in [0.3, 0.4) is 0 Å². The van der Waals surface area contributed by atoms with Crippen molar-refractivity contribution in [2.24, 2.45) is 0 Å². The molecule has 0 fully saturated rings. The highest BCUT2D eigenvalue weighted by atomic mass is 32.2. The fourth-order valence-corrected chi connectivity index (χ4v) is 4.75. The van der Waals surface area contributed by atoms with Gasteiger partial charge in [-0.1, -0.05) is 38.8 Å². The van der Waals surface area contributed by atoms with E-state index in [1.165, 1.54) is 24.3 Å². The first-order chi connectivity index (χ1) is 12.6. The van der Waals surface area contributed by atoms with Crippen LogP contribution in [0.1, 0.15) is 45.1 Å². The molecule has 0 aliphatic carbocycles. The topological polar surface area (TPSA) is 127 Å². The molecule has 1 aromatic carbocycles. The summed E-state index contributed by atoms with van der Waals surface area (Å²) < 4.78 is 54.6. The summed E-state index contributed by atoms with van der Waals surface area (Å²) >= 11 is 0. The third-order valence-corrected chi connectivity index (χ3v) is 6.43. The zero-order valence-corrected chi connectivity index (χ0v) is 17.2. The molecule has 0 aliphatic rings. The first-order valence-corrected chi connectivity index (χ1v) is 12.1. The summed E-state index contributed by atoms with van der Waals surface area (Å²) in [5.74, 6) is -1.36. The predicted molar refractivity (Wildman–Crippen MR) is 103 cm³/mol. The summed E-state index contributed by atoms with van der Waals surface area (Å²) in [7, 11) is -7.35. The van der Waals surface area contributed by atoms with Gasteiger partial charge in [-0.05, 0) is 37.0 Å². The lowest BCUT2D eigenvalue weighted by Crippen LogP contribution is -2.43. The Morgan fingerprint density at radius 2 is 1.59 bits per heavy atom. The third kappa shape index (κ3) is 9.21. The molecule has 0 heterocycles. The van der Waals surface area contributed by atoms with Crippen LogP contribution in [0, 0.1) is 0 Å². The number of aliphatic carboxylic acids is 1. The van der Waals surface area contributed by atoms with Crippen LogP contribution in [0.5, 0.6) is 5.75 Å². The van der Waals surface area contributed by atoms with Crippen LogP contribution in [0.25, 0.3) is 0 Å². The number of sulfonamides is 1. The molecule has 0 saturated heterocycles. The molecule has 27 heavy (non-hydrogen) atoms. The van der Waals surface area contributed by atoms with Gasteiger partial charge in [-0.2, -0.15) is 8.42 Å². The van der Waals surface area contributed by atoms with E-state index in [4.69, 9.17) is 4.18 Å². The van der Waals surface area contributed by atoms with E-state index in [1.807, 2.05) is 13.8 Å². The van der Waals surface area contributed by atoms with Gasteiger partial charge in [0, 0.05) is 0 Å². The fourth-order valence-electron chi connectivity index (χ4n) is 2.22. The monoisotopic (exact) mass is 421 g/mol. The van der Waals surface area contributed by atoms with Gasteiger partial charge in [-0.15, -0.1) is 0 Å². The van der Waals surface area contributed by atoms with E-state index in [9.17, 15) is 26.7 Å². The maximum absolute atomic E-state index is 11.9. The molecular formula is C17H27NO7S2. The van der Waals surface area contributed by atoms with Crippen molar-refractivity contribution in [3.05, 3.63) is 29.8 Å². The van der Waals surface area contributed by atoms with Crippen LogP contribution in [0.4, 0.5) is 0 Å². The van der Waals surface area contributed by atoms with Gasteiger partial charge in [-0.25, -0.2) is 13.1 Å². The van der Waals surface area contributed by atoms with Gasteiger partial charge in [0.25, 0.3) is 0 Å². The van der Waals surface area contributed by atoms with Gasteiger partial charge in [0.1, 0.15) is 11.8 Å². The fraction of sp³-hybridized carbons (Fsp3) is 0.588. The van der Waals surface area contributed by atoms with E-state index in [1.54, 1.807) is 0 Å². The molecule has 2 N–H and O–H groups in total. The molecule has 10 heteroatoms. The SMILES string of the molecule is CCCCS(=O)(=O)N[C@@H](Cc1ccc(OS(=O)(=O)CCCC)cc1)C(=O)O. The van der Waals surface area contributed by atoms with Crippen LogP contribution >= 0.6 is 0 Å². The Morgan fingerprint density at radius 1 is 1.04 bits per heavy atom. The summed E-state index contributed by atoms with van der Waals surface area (Å²) in [6, 6.07) is 4.57. The van der Waals surface area contributed by atoms with Crippen LogP contribution < -0.4 is 8.91 Å². The van der Waals surface area contributed by atoms with Gasteiger partial charge in [-0.3, -0.25) is 4.79 Å². The van der Waals surface area contributed by atoms with Crippen molar-refractivity contribution < 1.29 is 30.9 Å². The Hall–Kier alpha value is -1.65. The van der Waals surface area contributed by atoms with Gasteiger partial charge < -0.3 is 9.29 Å². The average Bonchev–Trinajstić information content (AvgIpc) is 2.59. The highest BCUT2D eigenvalue weighted by molar-refractivity contribution is 7.89. The molecule has 1 rings (SSSR count). The molecule has 1 aromatic rings. The maximum atomic E-state index is 11.9. The molecule has 0 aromatic heterocycles. The number of carbonyl (C=O) groups is 1. The number of hydrogen-bond donors (Lipinski definition) is 2. The van der Waals surface area contributed by atoms with Crippen LogP contribution in [0.15, 0.2) is 24.3 Å². The first kappa shape index (κ1) is 23.4. The van der Waals surface area contributed by atoms with Crippen molar-refractivity contribution in [3.8, 4) is 5.75 Å². The minimum Gasteiger partial charge on any atom is -0.480 e. The van der Waals surface area contributed by atoms with E-state index in [2.05, 4.69) is 4.72 Å². The predicted octanol–water partition coefficient (Wildman–Crippen LogP) is 1.91. The first-order valence-electron chi connectivity index (χ1n) is 8.82. The van der Waals surface area contributed by atoms with E-state index in [0.717, 1.165) is 6.42 Å². The smallest absolute Gasteiger partial charge is 0.322 e. The minimum absolute atomic E-state index is 0.0659. The minimum atomic E-state index is -3.68. The van der Waals surface area contributed by atoms with E-state index < -0.39 is 32.2 Å². The number of carboxylic acids is 1. The second-order valence-corrected chi connectivity index (χ2v) is 9.79. The molecule has 154 valence electrons. The summed E-state index contributed by atoms with van der Waals surface area (Å²) in [6.45, 7) is 3.72. The highest BCUT2D eigenvalue weighted by Crippen LogP contribution is 2.16. The lowest BCUT2D eigenvalue weighted by molar-refractivity contribution is -0.138. The van der Waals surface area contributed by atoms with Crippen molar-refractivity contribution in [2.75, 3.05) is 11.5 Å². The second-order valence-electron chi connectivity index (χ2n) is 6.23. The number of benzene rings is 1. The Morgan fingerprint density at radius 3 is 2.11 bits per heavy atom. The van der Waals surface area contributed by atoms with Gasteiger partial charge >= 0.3 is 16.1 Å². The molecule has 0 amide bonds. The average molecular weight is 422 g/mol. The standard InChI is InChI=1S/C17H27NO7S2/c1-3-5-11-26(21,22)18-16(17(19)20)13-14-7-9-15(10-8-14)25-27(23,24)12-6-4-2/h7-10,16,18H,3-6,11-13H2,1-2H3,(H,19,20)/t16-/m0/s1. The number of hydrogen-bond acceptors (Lipinski definition) is 6. The van der Waals surface area contributed by atoms with Crippen molar-refractivity contribution in [3.63, 3.8) is 0 Å². The van der Waals surface area contributed by atoms with Gasteiger partial charge in [0.15, 0.2) is 0 Å². The molecular weight excluding hydrogens is 394 g/mol. The summed E-state index contributed by atoms with van der Waals surface area (Å²) in [5, 5.41) is 9.28. The maximum Gasteiger partial charge on any atom is 0.322 e. The molecule has 0 spiro atoms. The number of nitrogens with one attached hydrogen (secondary N) is 1. The molecule has 8 nitrogen and oxygen atoms in total. The number of rotatable bonds is 13. The zero-order chi connectivity index (χ0) is 20.5. The molecule has 0 bridgehead atoms. The Bertz CT molecular complexity index is 802. The summed E-state index contributed by atoms with van der Waals surface area (Å²) in [4.78, 5) is 11.4. The van der Waals surface area contributed by atoms with Gasteiger partial charge in [0.05, 0.1) is 11.5 Å². The quantitative estimate of drug-likeness (QED) is 0.466. The zero-order valence-electron chi connectivity index (χ0n) is 15.5. The van der Waals surface area contributed by atoms with E-state index >= 15 is 0 Å². The summed E-state index contributed by atoms with van der Waals surface area (Å²) in [6.07, 6.45) is 2.29. The molecule has 0 aliphatic heterocycles. The number of carboxylic acid groups (broad SMARTS) is 1. The van der Waals surface area contributed by atoms with Crippen LogP contribution in [-0.4, -0.2) is 45.5 Å². The van der Waals surface area contributed by atoms with Crippen molar-refractivity contribution in [2.45, 2.75) is 52.0 Å². The number of unbranched alkanes of at least 4 members (excludes halogenated alkanes) is 2. The lowest BCUT2D eigenvalue weighted by atomic mass is 10.1. The lowest BCUT2D eigenvalue weighted by Gasteiger charge is -2.15. The van der Waals surface area contributed by atoms with E-state index in [-0.39, 0.29) is 23.7 Å².